The van der Waals surface area contributed by atoms with Gasteiger partial charge in [-0.2, -0.15) is 0 Å². The predicted molar refractivity (Wildman–Crippen MR) is 50.5 cm³/mol. The molecule has 1 nitrogen and oxygen atoms in total. The zero-order valence-corrected chi connectivity index (χ0v) is 8.95. The van der Waals surface area contributed by atoms with Crippen LogP contribution in [0.5, 0.6) is 0 Å². The second-order valence-corrected chi connectivity index (χ2v) is 3.81. The first-order valence-corrected chi connectivity index (χ1v) is 5.20. The second-order valence-electron chi connectivity index (χ2n) is 3.02. The van der Waals surface area contributed by atoms with Crippen molar-refractivity contribution in [2.75, 3.05) is 32.0 Å². The van der Waals surface area contributed by atoms with Gasteiger partial charge in [-0.25, -0.2) is 0 Å². The first-order valence-electron chi connectivity index (χ1n) is 4.08. The van der Waals surface area contributed by atoms with E-state index in [1.807, 2.05) is 0 Å². The van der Waals surface area contributed by atoms with Crippen molar-refractivity contribution >= 4 is 15.9 Å². The highest BCUT2D eigenvalue weighted by Gasteiger charge is 2.14. The van der Waals surface area contributed by atoms with Crippen LogP contribution in [0.2, 0.25) is 0 Å². The minimum Gasteiger partial charge on any atom is -0.326 e. The number of hydrogen-bond acceptors (Lipinski definition) is 0. The van der Waals surface area contributed by atoms with Crippen LogP contribution in [-0.4, -0.2) is 36.5 Å². The first-order chi connectivity index (χ1) is 4.68. The van der Waals surface area contributed by atoms with Gasteiger partial charge in [-0.1, -0.05) is 15.9 Å². The summed E-state index contributed by atoms with van der Waals surface area (Å²) in [4.78, 5) is 0. The fourth-order valence-electron chi connectivity index (χ4n) is 0.981. The third-order valence-electron chi connectivity index (χ3n) is 2.36. The van der Waals surface area contributed by atoms with Gasteiger partial charge in [0, 0.05) is 11.8 Å². The van der Waals surface area contributed by atoms with Crippen molar-refractivity contribution in [3.8, 4) is 0 Å². The van der Waals surface area contributed by atoms with Crippen molar-refractivity contribution in [3.05, 3.63) is 0 Å². The topological polar surface area (TPSA) is 0 Å². The van der Waals surface area contributed by atoms with Crippen molar-refractivity contribution in [2.45, 2.75) is 20.3 Å². The van der Waals surface area contributed by atoms with Crippen LogP contribution < -0.4 is 0 Å². The highest BCUT2D eigenvalue weighted by atomic mass is 79.9. The molecule has 0 aliphatic carbocycles. The van der Waals surface area contributed by atoms with Crippen molar-refractivity contribution in [1.29, 1.82) is 0 Å². The zero-order valence-electron chi connectivity index (χ0n) is 7.36. The summed E-state index contributed by atoms with van der Waals surface area (Å²) in [5, 5.41) is 1.14. The molecule has 0 N–H and O–H groups in total. The van der Waals surface area contributed by atoms with Crippen LogP contribution in [0.15, 0.2) is 0 Å². The molecule has 0 rings (SSSR count). The van der Waals surface area contributed by atoms with Crippen LogP contribution in [0.1, 0.15) is 20.3 Å². The highest BCUT2D eigenvalue weighted by Crippen LogP contribution is 2.03. The normalized spacial score (nSPS) is 12.0. The van der Waals surface area contributed by atoms with Crippen LogP contribution in [0.3, 0.4) is 0 Å². The fraction of sp³-hybridized carbons (Fsp3) is 1.00. The molecule has 0 atom stereocenters. The SMILES string of the molecule is CC[N+](C)(CC)CCCBr. The Balaban J connectivity index is 3.58. The van der Waals surface area contributed by atoms with Crippen molar-refractivity contribution < 1.29 is 4.48 Å². The first kappa shape index (κ1) is 10.4. The maximum absolute atomic E-state index is 3.45. The number of halogens is 1. The molecule has 0 aromatic heterocycles. The lowest BCUT2D eigenvalue weighted by Gasteiger charge is -2.31. The van der Waals surface area contributed by atoms with Gasteiger partial charge in [0.05, 0.1) is 26.7 Å². The number of alkyl halides is 1. The Labute approximate surface area is 73.1 Å². The van der Waals surface area contributed by atoms with E-state index in [1.165, 1.54) is 30.5 Å². The number of nitrogens with zero attached hydrogens (tertiary/aromatic N) is 1. The molecular formula is C8H19BrN+. The monoisotopic (exact) mass is 208 g/mol. The van der Waals surface area contributed by atoms with Crippen LogP contribution in [0.25, 0.3) is 0 Å². The number of rotatable bonds is 5. The van der Waals surface area contributed by atoms with E-state index < -0.39 is 0 Å². The Morgan fingerprint density at radius 3 is 2.00 bits per heavy atom. The predicted octanol–water partition coefficient (Wildman–Crippen LogP) is 2.26. The van der Waals surface area contributed by atoms with E-state index in [0.29, 0.717) is 0 Å². The molecule has 0 aliphatic heterocycles. The van der Waals surface area contributed by atoms with E-state index in [-0.39, 0.29) is 0 Å². The number of quaternary nitrogens is 1. The van der Waals surface area contributed by atoms with E-state index >= 15 is 0 Å². The minimum atomic E-state index is 1.14. The molecule has 0 heterocycles. The molecule has 0 unspecified atom stereocenters. The summed E-state index contributed by atoms with van der Waals surface area (Å²) in [7, 11) is 2.32. The fourth-order valence-corrected chi connectivity index (χ4v) is 1.23. The van der Waals surface area contributed by atoms with Gasteiger partial charge in [0.1, 0.15) is 0 Å². The third-order valence-corrected chi connectivity index (χ3v) is 2.92. The van der Waals surface area contributed by atoms with Gasteiger partial charge in [-0.05, 0) is 13.8 Å². The van der Waals surface area contributed by atoms with Gasteiger partial charge in [0.2, 0.25) is 0 Å². The molecule has 0 aromatic rings. The summed E-state index contributed by atoms with van der Waals surface area (Å²) in [6.45, 7) is 8.33. The van der Waals surface area contributed by atoms with Crippen LogP contribution in [0.4, 0.5) is 0 Å². The molecule has 0 saturated heterocycles. The molecule has 0 radical (unpaired) electrons. The quantitative estimate of drug-likeness (QED) is 0.481. The summed E-state index contributed by atoms with van der Waals surface area (Å²) >= 11 is 3.45. The molecule has 0 amide bonds. The summed E-state index contributed by atoms with van der Waals surface area (Å²) in [5.74, 6) is 0. The van der Waals surface area contributed by atoms with Crippen molar-refractivity contribution in [2.24, 2.45) is 0 Å². The molecule has 62 valence electrons. The van der Waals surface area contributed by atoms with Gasteiger partial charge < -0.3 is 4.48 Å². The average molecular weight is 209 g/mol. The second kappa shape index (κ2) is 5.14. The smallest absolute Gasteiger partial charge is 0.0792 e. The molecule has 0 spiro atoms. The van der Waals surface area contributed by atoms with Crippen LogP contribution in [-0.2, 0) is 0 Å². The standard InChI is InChI=1S/C8H19BrN/c1-4-10(3,5-2)8-6-7-9/h4-8H2,1-3H3/q+1. The average Bonchev–Trinajstić information content (AvgIpc) is 2.00. The summed E-state index contributed by atoms with van der Waals surface area (Å²) in [5.41, 5.74) is 0. The molecule has 2 heteroatoms. The van der Waals surface area contributed by atoms with Gasteiger partial charge in [-0.15, -0.1) is 0 Å². The maximum Gasteiger partial charge on any atom is 0.0792 e. The van der Waals surface area contributed by atoms with Gasteiger partial charge in [0.15, 0.2) is 0 Å². The lowest BCUT2D eigenvalue weighted by Crippen LogP contribution is -2.44. The van der Waals surface area contributed by atoms with E-state index in [1.54, 1.807) is 0 Å². The molecule has 0 aliphatic rings. The number of hydrogen-bond donors (Lipinski definition) is 0. The van der Waals surface area contributed by atoms with Crippen LogP contribution >= 0.6 is 15.9 Å². The molecule has 0 aromatic carbocycles. The van der Waals surface area contributed by atoms with E-state index in [2.05, 4.69) is 36.8 Å². The van der Waals surface area contributed by atoms with E-state index in [4.69, 9.17) is 0 Å². The highest BCUT2D eigenvalue weighted by molar-refractivity contribution is 9.09. The summed E-state index contributed by atoms with van der Waals surface area (Å²) in [6, 6.07) is 0. The molecular weight excluding hydrogens is 190 g/mol. The lowest BCUT2D eigenvalue weighted by molar-refractivity contribution is -0.906. The van der Waals surface area contributed by atoms with Crippen molar-refractivity contribution in [1.82, 2.24) is 0 Å². The minimum absolute atomic E-state index is 1.14. The third kappa shape index (κ3) is 3.57. The maximum atomic E-state index is 3.45. The van der Waals surface area contributed by atoms with E-state index in [0.717, 1.165) is 5.33 Å². The molecule has 0 fully saturated rings. The van der Waals surface area contributed by atoms with Crippen LogP contribution in [0, 0.1) is 0 Å². The molecule has 0 bridgehead atoms. The van der Waals surface area contributed by atoms with Gasteiger partial charge >= 0.3 is 0 Å². The molecule has 10 heavy (non-hydrogen) atoms. The van der Waals surface area contributed by atoms with E-state index in [9.17, 15) is 0 Å². The zero-order chi connectivity index (χ0) is 8.04. The largest absolute Gasteiger partial charge is 0.326 e. The lowest BCUT2D eigenvalue weighted by atomic mass is 10.3. The Bertz CT molecular complexity index is 79.3. The summed E-state index contributed by atoms with van der Waals surface area (Å²) < 4.78 is 1.21. The van der Waals surface area contributed by atoms with Gasteiger partial charge in [0.25, 0.3) is 0 Å². The summed E-state index contributed by atoms with van der Waals surface area (Å²) in [6.07, 6.45) is 1.29. The Hall–Kier alpha value is 0.440. The Morgan fingerprint density at radius 2 is 1.70 bits per heavy atom. The Morgan fingerprint density at radius 1 is 1.20 bits per heavy atom. The Kier molecular flexibility index (Phi) is 5.36. The van der Waals surface area contributed by atoms with Gasteiger partial charge in [-0.3, -0.25) is 0 Å². The molecule has 0 saturated carbocycles. The van der Waals surface area contributed by atoms with Crippen molar-refractivity contribution in [3.63, 3.8) is 0 Å².